The molecule has 0 aliphatic heterocycles. The lowest BCUT2D eigenvalue weighted by molar-refractivity contribution is 1.18. The molecule has 0 aliphatic rings. The SMILES string of the molecule is c1ccc(N(c2ccccc2)c2cc(N(c3ccccc3)c3ccc(-c4ccc5sc6ccccc6c5c4)cc3)c3sc4ccc(N(c5ccccc5)c5ccc6c(c5)c5ccccc5n6-c5ccccc5)cc4c3c2)cc1. The molecule has 78 heavy (non-hydrogen) atoms. The average molecular weight is 1030 g/mol. The zero-order valence-corrected chi connectivity index (χ0v) is 44.0. The van der Waals surface area contributed by atoms with Gasteiger partial charge >= 0.3 is 0 Å². The Morgan fingerprint density at radius 2 is 0.679 bits per heavy atom. The molecule has 3 heterocycles. The van der Waals surface area contributed by atoms with Crippen LogP contribution in [0.3, 0.4) is 0 Å². The molecule has 0 fully saturated rings. The molecule has 0 bridgehead atoms. The highest BCUT2D eigenvalue weighted by Crippen LogP contribution is 2.51. The van der Waals surface area contributed by atoms with E-state index in [0.29, 0.717) is 0 Å². The lowest BCUT2D eigenvalue weighted by atomic mass is 10.0. The third kappa shape index (κ3) is 7.88. The van der Waals surface area contributed by atoms with Crippen LogP contribution in [0.4, 0.5) is 51.2 Å². The first-order valence-electron chi connectivity index (χ1n) is 26.4. The lowest BCUT2D eigenvalue weighted by Gasteiger charge is -2.30. The monoisotopic (exact) mass is 1030 g/mol. The van der Waals surface area contributed by atoms with Crippen molar-refractivity contribution in [1.29, 1.82) is 0 Å². The van der Waals surface area contributed by atoms with E-state index >= 15 is 0 Å². The van der Waals surface area contributed by atoms with Gasteiger partial charge in [0.15, 0.2) is 0 Å². The second-order valence-corrected chi connectivity index (χ2v) is 21.9. The van der Waals surface area contributed by atoms with E-state index in [4.69, 9.17) is 0 Å². The number of aromatic nitrogens is 1. The molecule has 0 saturated heterocycles. The zero-order chi connectivity index (χ0) is 51.5. The Kier molecular flexibility index (Phi) is 11.2. The van der Waals surface area contributed by atoms with Gasteiger partial charge in [-0.25, -0.2) is 0 Å². The first-order chi connectivity index (χ1) is 38.7. The Balaban J connectivity index is 0.936. The second-order valence-electron chi connectivity index (χ2n) is 19.7. The van der Waals surface area contributed by atoms with E-state index in [9.17, 15) is 0 Å². The van der Waals surface area contributed by atoms with Gasteiger partial charge in [-0.15, -0.1) is 22.7 Å². The minimum absolute atomic E-state index is 1.06. The first kappa shape index (κ1) is 45.7. The molecule has 15 rings (SSSR count). The number of thiophene rings is 2. The van der Waals surface area contributed by atoms with Gasteiger partial charge in [-0.1, -0.05) is 146 Å². The molecule has 0 amide bonds. The highest BCUT2D eigenvalue weighted by Gasteiger charge is 2.25. The molecule has 0 aliphatic carbocycles. The first-order valence-corrected chi connectivity index (χ1v) is 28.0. The van der Waals surface area contributed by atoms with Crippen molar-refractivity contribution in [3.05, 3.63) is 291 Å². The summed E-state index contributed by atoms with van der Waals surface area (Å²) in [5.74, 6) is 0. The van der Waals surface area contributed by atoms with Gasteiger partial charge in [0.25, 0.3) is 0 Å². The van der Waals surface area contributed by atoms with Gasteiger partial charge in [-0.2, -0.15) is 0 Å². The van der Waals surface area contributed by atoms with Crippen molar-refractivity contribution in [2.24, 2.45) is 0 Å². The topological polar surface area (TPSA) is 14.7 Å². The fraction of sp³-hybridized carbons (Fsp3) is 0. The number of anilines is 9. The maximum absolute atomic E-state index is 2.45. The van der Waals surface area contributed by atoms with Crippen LogP contribution in [0.2, 0.25) is 0 Å². The number of nitrogens with zero attached hydrogens (tertiary/aromatic N) is 4. The summed E-state index contributed by atoms with van der Waals surface area (Å²) in [7, 11) is 0. The summed E-state index contributed by atoms with van der Waals surface area (Å²) >= 11 is 3.71. The predicted molar refractivity (Wildman–Crippen MR) is 336 cm³/mol. The van der Waals surface area contributed by atoms with Gasteiger partial charge < -0.3 is 19.3 Å². The molecule has 15 aromatic rings. The summed E-state index contributed by atoms with van der Waals surface area (Å²) < 4.78 is 7.43. The summed E-state index contributed by atoms with van der Waals surface area (Å²) in [5.41, 5.74) is 15.6. The normalized spacial score (nSPS) is 11.6. The van der Waals surface area contributed by atoms with Crippen molar-refractivity contribution in [2.45, 2.75) is 0 Å². The fourth-order valence-electron chi connectivity index (χ4n) is 11.6. The molecule has 4 nitrogen and oxygen atoms in total. The lowest BCUT2D eigenvalue weighted by Crippen LogP contribution is -2.13. The minimum Gasteiger partial charge on any atom is -0.310 e. The summed E-state index contributed by atoms with van der Waals surface area (Å²) in [6.45, 7) is 0. The molecular weight excluding hydrogens is 985 g/mol. The van der Waals surface area contributed by atoms with E-state index in [0.717, 1.165) is 56.9 Å². The molecule has 0 N–H and O–H groups in total. The van der Waals surface area contributed by atoms with Crippen LogP contribution in [0.25, 0.3) is 79.0 Å². The smallest absolute Gasteiger partial charge is 0.0661 e. The molecule has 6 heteroatoms. The van der Waals surface area contributed by atoms with Gasteiger partial charge in [-0.05, 0) is 157 Å². The van der Waals surface area contributed by atoms with Crippen LogP contribution in [-0.4, -0.2) is 4.57 Å². The molecule has 0 atom stereocenters. The Labute approximate surface area is 460 Å². The largest absolute Gasteiger partial charge is 0.310 e. The van der Waals surface area contributed by atoms with E-state index in [-0.39, 0.29) is 0 Å². The van der Waals surface area contributed by atoms with Crippen LogP contribution in [0.5, 0.6) is 0 Å². The Morgan fingerprint density at radius 1 is 0.244 bits per heavy atom. The van der Waals surface area contributed by atoms with Gasteiger partial charge in [0.2, 0.25) is 0 Å². The van der Waals surface area contributed by atoms with Crippen LogP contribution in [-0.2, 0) is 0 Å². The summed E-state index contributed by atoms with van der Waals surface area (Å²) in [6, 6.07) is 106. The van der Waals surface area contributed by atoms with E-state index in [2.05, 4.69) is 310 Å². The van der Waals surface area contributed by atoms with Gasteiger partial charge in [0.1, 0.15) is 0 Å². The van der Waals surface area contributed by atoms with Gasteiger partial charge in [0, 0.05) is 97.6 Å². The molecule has 3 aromatic heterocycles. The third-order valence-electron chi connectivity index (χ3n) is 15.1. The number of rotatable bonds is 11. The Bertz CT molecular complexity index is 4630. The Hall–Kier alpha value is -9.72. The fourth-order valence-corrected chi connectivity index (χ4v) is 13.8. The van der Waals surface area contributed by atoms with Crippen LogP contribution >= 0.6 is 22.7 Å². The van der Waals surface area contributed by atoms with Crippen LogP contribution in [0.15, 0.2) is 291 Å². The van der Waals surface area contributed by atoms with Gasteiger partial charge in [0.05, 0.1) is 21.4 Å². The van der Waals surface area contributed by atoms with Crippen molar-refractivity contribution in [2.75, 3.05) is 14.7 Å². The maximum atomic E-state index is 2.45. The quantitative estimate of drug-likeness (QED) is 0.128. The highest BCUT2D eigenvalue weighted by atomic mass is 32.1. The van der Waals surface area contributed by atoms with Crippen molar-refractivity contribution in [3.8, 4) is 16.8 Å². The molecule has 0 radical (unpaired) electrons. The summed E-state index contributed by atoms with van der Waals surface area (Å²) in [5, 5.41) is 7.42. The van der Waals surface area contributed by atoms with E-state index < -0.39 is 0 Å². The number of benzene rings is 12. The summed E-state index contributed by atoms with van der Waals surface area (Å²) in [4.78, 5) is 7.26. The second kappa shape index (κ2) is 19.1. The molecule has 0 spiro atoms. The average Bonchev–Trinajstić information content (AvgIpc) is 4.37. The van der Waals surface area contributed by atoms with E-state index in [1.165, 1.54) is 73.3 Å². The highest BCUT2D eigenvalue weighted by molar-refractivity contribution is 7.26. The molecular formula is C72H48N4S2. The molecule has 0 saturated carbocycles. The standard InChI is InChI=1S/C72H48N4S2/c1-6-20-51(21-7-1)73(52-22-8-2-9-23-52)59-47-65-64-46-58(74(53-24-10-3-11-25-53)57-39-41-67-62(45-57)60-30-16-18-32-66(60)76(67)55-28-14-5-15-29-55)40-43-71(64)78-72(65)68(48-59)75(54-26-12-4-13-27-54)56-37-34-49(35-38-56)50-36-42-70-63(44-50)61-31-17-19-33-69(61)77-70/h1-48H. The number of fused-ring (bicyclic) bond motifs is 9. The van der Waals surface area contributed by atoms with Crippen molar-refractivity contribution in [3.63, 3.8) is 0 Å². The molecule has 12 aromatic carbocycles. The van der Waals surface area contributed by atoms with E-state index in [1.807, 2.05) is 22.7 Å². The van der Waals surface area contributed by atoms with Gasteiger partial charge in [-0.3, -0.25) is 0 Å². The molecule has 368 valence electrons. The van der Waals surface area contributed by atoms with Crippen molar-refractivity contribution >= 4 is 136 Å². The Morgan fingerprint density at radius 3 is 1.35 bits per heavy atom. The minimum atomic E-state index is 1.06. The number of para-hydroxylation sites is 6. The van der Waals surface area contributed by atoms with Crippen LogP contribution in [0.1, 0.15) is 0 Å². The number of hydrogen-bond donors (Lipinski definition) is 0. The van der Waals surface area contributed by atoms with Crippen molar-refractivity contribution in [1.82, 2.24) is 4.57 Å². The third-order valence-corrected chi connectivity index (χ3v) is 17.5. The van der Waals surface area contributed by atoms with Crippen LogP contribution < -0.4 is 14.7 Å². The predicted octanol–water partition coefficient (Wildman–Crippen LogP) is 21.6. The van der Waals surface area contributed by atoms with E-state index in [1.54, 1.807) is 0 Å². The zero-order valence-electron chi connectivity index (χ0n) is 42.3. The number of hydrogen-bond acceptors (Lipinski definition) is 5. The van der Waals surface area contributed by atoms with Crippen molar-refractivity contribution < 1.29 is 0 Å². The summed E-state index contributed by atoms with van der Waals surface area (Å²) in [6.07, 6.45) is 0. The molecule has 0 unspecified atom stereocenters. The maximum Gasteiger partial charge on any atom is 0.0661 e. The van der Waals surface area contributed by atoms with Crippen LogP contribution in [0, 0.1) is 0 Å².